The Morgan fingerprint density at radius 2 is 2.21 bits per heavy atom. The van der Waals surface area contributed by atoms with Gasteiger partial charge in [0.25, 0.3) is 0 Å². The second-order valence-electron chi connectivity index (χ2n) is 3.71. The Morgan fingerprint density at radius 1 is 1.50 bits per heavy atom. The molecule has 2 rings (SSSR count). The summed E-state index contributed by atoms with van der Waals surface area (Å²) in [4.78, 5) is 15.4. The van der Waals surface area contributed by atoms with Gasteiger partial charge in [-0.15, -0.1) is 0 Å². The molecule has 0 radical (unpaired) electrons. The van der Waals surface area contributed by atoms with Crippen LogP contribution in [0.25, 0.3) is 5.65 Å². The van der Waals surface area contributed by atoms with E-state index in [9.17, 15) is 4.79 Å². The van der Waals surface area contributed by atoms with Crippen molar-refractivity contribution in [2.45, 2.75) is 19.4 Å². The van der Waals surface area contributed by atoms with E-state index in [1.54, 1.807) is 41.6 Å². The third-order valence-corrected chi connectivity index (χ3v) is 2.42. The fraction of sp³-hybridized carbons (Fsp3) is 0.333. The Morgan fingerprint density at radius 3 is 2.86 bits per heavy atom. The minimum absolute atomic E-state index is 0.372. The molecule has 0 unspecified atom stereocenters. The molecule has 0 atom stereocenters. The normalized spacial score (nSPS) is 12.1. The number of carbonyl (C=O) groups is 1. The predicted molar refractivity (Wildman–Crippen MR) is 51.7 cm³/mol. The van der Waals surface area contributed by atoms with Crippen LogP contribution in [0.5, 0.6) is 0 Å². The minimum Gasteiger partial charge on any atom is -0.368 e. The first kappa shape index (κ1) is 8.80. The Labute approximate surface area is 81.1 Å². The SMILES string of the molecule is CC(C)(C(N)=O)n1ccc2nccn21. The van der Waals surface area contributed by atoms with Crippen molar-refractivity contribution in [2.75, 3.05) is 0 Å². The summed E-state index contributed by atoms with van der Waals surface area (Å²) >= 11 is 0. The highest BCUT2D eigenvalue weighted by molar-refractivity contribution is 5.81. The monoisotopic (exact) mass is 192 g/mol. The smallest absolute Gasteiger partial charge is 0.244 e. The van der Waals surface area contributed by atoms with Crippen LogP contribution >= 0.6 is 0 Å². The maximum Gasteiger partial charge on any atom is 0.244 e. The summed E-state index contributed by atoms with van der Waals surface area (Å²) < 4.78 is 3.56. The average Bonchev–Trinajstić information content (AvgIpc) is 2.61. The topological polar surface area (TPSA) is 65.3 Å². The summed E-state index contributed by atoms with van der Waals surface area (Å²) in [6.45, 7) is 3.55. The van der Waals surface area contributed by atoms with Gasteiger partial charge in [-0.1, -0.05) is 0 Å². The molecule has 0 aliphatic carbocycles. The predicted octanol–water partition coefficient (Wildman–Crippen LogP) is 0.356. The first-order chi connectivity index (χ1) is 6.53. The highest BCUT2D eigenvalue weighted by atomic mass is 16.1. The van der Waals surface area contributed by atoms with Crippen molar-refractivity contribution in [3.05, 3.63) is 24.7 Å². The third kappa shape index (κ3) is 1.02. The van der Waals surface area contributed by atoms with Gasteiger partial charge in [0.1, 0.15) is 5.54 Å². The molecule has 5 heteroatoms. The van der Waals surface area contributed by atoms with Crippen LogP contribution in [0.2, 0.25) is 0 Å². The average molecular weight is 192 g/mol. The third-order valence-electron chi connectivity index (χ3n) is 2.42. The molecule has 1 amide bonds. The Kier molecular flexibility index (Phi) is 1.64. The largest absolute Gasteiger partial charge is 0.368 e. The van der Waals surface area contributed by atoms with E-state index in [4.69, 9.17) is 5.73 Å². The number of nitrogens with two attached hydrogens (primary N) is 1. The van der Waals surface area contributed by atoms with Gasteiger partial charge in [0.05, 0.1) is 0 Å². The number of aromatic nitrogens is 3. The molecular weight excluding hydrogens is 180 g/mol. The summed E-state index contributed by atoms with van der Waals surface area (Å²) in [5.41, 5.74) is 5.39. The number of hydrogen-bond acceptors (Lipinski definition) is 2. The van der Waals surface area contributed by atoms with Gasteiger partial charge >= 0.3 is 0 Å². The van der Waals surface area contributed by atoms with Gasteiger partial charge in [0.2, 0.25) is 5.91 Å². The van der Waals surface area contributed by atoms with Crippen LogP contribution in [0.1, 0.15) is 13.8 Å². The van der Waals surface area contributed by atoms with Crippen LogP contribution in [0, 0.1) is 0 Å². The molecule has 14 heavy (non-hydrogen) atoms. The van der Waals surface area contributed by atoms with Crippen molar-refractivity contribution in [1.82, 2.24) is 14.2 Å². The zero-order valence-electron chi connectivity index (χ0n) is 8.14. The lowest BCUT2D eigenvalue weighted by molar-refractivity contribution is -0.125. The molecule has 74 valence electrons. The summed E-state index contributed by atoms with van der Waals surface area (Å²) in [5, 5.41) is 0. The number of nitrogens with zero attached hydrogens (tertiary/aromatic N) is 3. The molecule has 0 spiro atoms. The molecule has 0 fully saturated rings. The van der Waals surface area contributed by atoms with Crippen molar-refractivity contribution in [1.29, 1.82) is 0 Å². The van der Waals surface area contributed by atoms with Crippen LogP contribution in [0.15, 0.2) is 24.7 Å². The number of fused-ring (bicyclic) bond motifs is 1. The van der Waals surface area contributed by atoms with Gasteiger partial charge in [-0.3, -0.25) is 9.48 Å². The van der Waals surface area contributed by atoms with Gasteiger partial charge in [0, 0.05) is 24.7 Å². The molecule has 0 aliphatic heterocycles. The van der Waals surface area contributed by atoms with Gasteiger partial charge in [-0.2, -0.15) is 0 Å². The molecule has 2 aromatic heterocycles. The Balaban J connectivity index is 2.64. The molecule has 5 nitrogen and oxygen atoms in total. The minimum atomic E-state index is -0.748. The van der Waals surface area contributed by atoms with E-state index in [2.05, 4.69) is 4.98 Å². The van der Waals surface area contributed by atoms with Gasteiger partial charge in [0.15, 0.2) is 5.65 Å². The molecule has 0 aliphatic rings. The van der Waals surface area contributed by atoms with Gasteiger partial charge in [-0.05, 0) is 13.8 Å². The van der Waals surface area contributed by atoms with Crippen LogP contribution < -0.4 is 5.73 Å². The van der Waals surface area contributed by atoms with E-state index in [1.807, 2.05) is 6.07 Å². The standard InChI is InChI=1S/C9H12N4O/c1-9(2,8(10)14)13-5-3-7-11-4-6-12(7)13/h3-6H,1-2H3,(H2,10,14). The first-order valence-corrected chi connectivity index (χ1v) is 4.34. The maximum atomic E-state index is 11.3. The van der Waals surface area contributed by atoms with Crippen molar-refractivity contribution < 1.29 is 4.79 Å². The molecular formula is C9H12N4O. The highest BCUT2D eigenvalue weighted by Crippen LogP contribution is 2.16. The zero-order chi connectivity index (χ0) is 10.3. The lowest BCUT2D eigenvalue weighted by atomic mass is 10.1. The van der Waals surface area contributed by atoms with Crippen LogP contribution in [0.3, 0.4) is 0 Å². The highest BCUT2D eigenvalue weighted by Gasteiger charge is 2.28. The van der Waals surface area contributed by atoms with Crippen molar-refractivity contribution in [3.63, 3.8) is 0 Å². The second-order valence-corrected chi connectivity index (χ2v) is 3.71. The van der Waals surface area contributed by atoms with E-state index in [1.165, 1.54) is 0 Å². The van der Waals surface area contributed by atoms with E-state index in [-0.39, 0.29) is 5.91 Å². The first-order valence-electron chi connectivity index (χ1n) is 4.34. The maximum absolute atomic E-state index is 11.3. The van der Waals surface area contributed by atoms with Crippen LogP contribution in [-0.2, 0) is 10.3 Å². The van der Waals surface area contributed by atoms with Crippen LogP contribution in [-0.4, -0.2) is 20.1 Å². The van der Waals surface area contributed by atoms with E-state index in [0.29, 0.717) is 0 Å². The number of amides is 1. The second kappa shape index (κ2) is 2.60. The van der Waals surface area contributed by atoms with E-state index >= 15 is 0 Å². The van der Waals surface area contributed by atoms with E-state index in [0.717, 1.165) is 5.65 Å². The number of hydrogen-bond donors (Lipinski definition) is 1. The molecule has 2 aromatic rings. The Hall–Kier alpha value is -1.78. The zero-order valence-corrected chi connectivity index (χ0v) is 8.14. The summed E-state index contributed by atoms with van der Waals surface area (Å²) in [6, 6.07) is 1.84. The number of primary amides is 1. The van der Waals surface area contributed by atoms with Crippen molar-refractivity contribution >= 4 is 11.6 Å². The summed E-state index contributed by atoms with van der Waals surface area (Å²) in [6.07, 6.45) is 5.27. The fourth-order valence-corrected chi connectivity index (χ4v) is 1.39. The fourth-order valence-electron chi connectivity index (χ4n) is 1.39. The van der Waals surface area contributed by atoms with Gasteiger partial charge in [-0.25, -0.2) is 9.50 Å². The summed E-state index contributed by atoms with van der Waals surface area (Å²) in [5.74, 6) is -0.372. The van der Waals surface area contributed by atoms with Gasteiger partial charge < -0.3 is 5.73 Å². The molecule has 0 saturated carbocycles. The lowest BCUT2D eigenvalue weighted by Crippen LogP contribution is -2.42. The Bertz CT molecular complexity index is 480. The molecule has 2 N–H and O–H groups in total. The van der Waals surface area contributed by atoms with Crippen molar-refractivity contribution in [2.24, 2.45) is 5.73 Å². The molecule has 0 aromatic carbocycles. The molecule has 0 saturated heterocycles. The number of carbonyl (C=O) groups excluding carboxylic acids is 1. The van der Waals surface area contributed by atoms with E-state index < -0.39 is 5.54 Å². The molecule has 0 bridgehead atoms. The number of imidazole rings is 1. The lowest BCUT2D eigenvalue weighted by Gasteiger charge is -2.23. The summed E-state index contributed by atoms with van der Waals surface area (Å²) in [7, 11) is 0. The van der Waals surface area contributed by atoms with Crippen LogP contribution in [0.4, 0.5) is 0 Å². The quantitative estimate of drug-likeness (QED) is 0.746. The number of rotatable bonds is 2. The van der Waals surface area contributed by atoms with Crippen molar-refractivity contribution in [3.8, 4) is 0 Å². The molecule has 2 heterocycles.